The Labute approximate surface area is 142 Å². The highest BCUT2D eigenvalue weighted by molar-refractivity contribution is 5.79. The van der Waals surface area contributed by atoms with Crippen molar-refractivity contribution in [2.45, 2.75) is 19.4 Å². The van der Waals surface area contributed by atoms with Gasteiger partial charge in [-0.1, -0.05) is 30.3 Å². The second-order valence-corrected chi connectivity index (χ2v) is 6.38. The lowest BCUT2D eigenvalue weighted by atomic mass is 9.95. The van der Waals surface area contributed by atoms with E-state index in [0.29, 0.717) is 19.7 Å². The summed E-state index contributed by atoms with van der Waals surface area (Å²) in [5.74, 6) is 0.287. The van der Waals surface area contributed by atoms with E-state index in [0.717, 1.165) is 44.6 Å². The van der Waals surface area contributed by atoms with Crippen molar-refractivity contribution in [1.82, 2.24) is 15.1 Å². The van der Waals surface area contributed by atoms with Crippen LogP contribution in [0, 0.1) is 5.92 Å². The highest BCUT2D eigenvalue weighted by atomic mass is 16.6. The molecule has 2 fully saturated rings. The molecule has 1 aromatic rings. The van der Waals surface area contributed by atoms with Crippen LogP contribution in [-0.2, 0) is 16.1 Å². The van der Waals surface area contributed by atoms with Gasteiger partial charge in [0.15, 0.2) is 0 Å². The minimum Gasteiger partial charge on any atom is -0.445 e. The third-order valence-corrected chi connectivity index (χ3v) is 4.74. The quantitative estimate of drug-likeness (QED) is 0.911. The molecule has 2 amide bonds. The Morgan fingerprint density at radius 3 is 2.33 bits per heavy atom. The highest BCUT2D eigenvalue weighted by Gasteiger charge is 2.31. The maximum Gasteiger partial charge on any atom is 0.410 e. The van der Waals surface area contributed by atoms with Gasteiger partial charge in [-0.3, -0.25) is 4.79 Å². The van der Waals surface area contributed by atoms with Gasteiger partial charge in [-0.2, -0.15) is 0 Å². The molecule has 1 aromatic carbocycles. The molecule has 0 aromatic heterocycles. The predicted octanol–water partition coefficient (Wildman–Crippen LogP) is 1.47. The number of ether oxygens (including phenoxy) is 1. The summed E-state index contributed by atoms with van der Waals surface area (Å²) in [6, 6.07) is 9.66. The van der Waals surface area contributed by atoms with Crippen molar-refractivity contribution in [3.8, 4) is 0 Å². The Morgan fingerprint density at radius 1 is 1.00 bits per heavy atom. The zero-order valence-electron chi connectivity index (χ0n) is 13.9. The summed E-state index contributed by atoms with van der Waals surface area (Å²) in [6.45, 7) is 4.80. The van der Waals surface area contributed by atoms with Crippen molar-refractivity contribution in [3.63, 3.8) is 0 Å². The van der Waals surface area contributed by atoms with Crippen LogP contribution in [0.3, 0.4) is 0 Å². The molecule has 2 aliphatic rings. The molecule has 2 aliphatic heterocycles. The molecule has 6 nitrogen and oxygen atoms in total. The van der Waals surface area contributed by atoms with Crippen molar-refractivity contribution < 1.29 is 14.3 Å². The summed E-state index contributed by atoms with van der Waals surface area (Å²) < 4.78 is 5.36. The number of carbonyl (C=O) groups is 2. The van der Waals surface area contributed by atoms with Crippen LogP contribution in [0.25, 0.3) is 0 Å². The van der Waals surface area contributed by atoms with E-state index in [9.17, 15) is 9.59 Å². The number of piperazine rings is 1. The molecule has 24 heavy (non-hydrogen) atoms. The van der Waals surface area contributed by atoms with Gasteiger partial charge >= 0.3 is 6.09 Å². The maximum atomic E-state index is 12.5. The van der Waals surface area contributed by atoms with Crippen LogP contribution in [0.4, 0.5) is 4.79 Å². The fourth-order valence-electron chi connectivity index (χ4n) is 3.26. The van der Waals surface area contributed by atoms with Gasteiger partial charge in [0.1, 0.15) is 6.61 Å². The van der Waals surface area contributed by atoms with E-state index in [2.05, 4.69) is 5.32 Å². The van der Waals surface area contributed by atoms with Gasteiger partial charge in [0.25, 0.3) is 0 Å². The molecule has 0 spiro atoms. The summed E-state index contributed by atoms with van der Waals surface area (Å²) >= 11 is 0. The third-order valence-electron chi connectivity index (χ3n) is 4.74. The molecular weight excluding hydrogens is 306 g/mol. The molecule has 0 atom stereocenters. The first-order valence-corrected chi connectivity index (χ1v) is 8.69. The fourth-order valence-corrected chi connectivity index (χ4v) is 3.26. The van der Waals surface area contributed by atoms with Crippen LogP contribution >= 0.6 is 0 Å². The number of likely N-dealkylation sites (tertiary alicyclic amines) is 1. The van der Waals surface area contributed by atoms with E-state index < -0.39 is 0 Å². The molecule has 0 bridgehead atoms. The molecule has 0 aliphatic carbocycles. The topological polar surface area (TPSA) is 61.9 Å². The summed E-state index contributed by atoms with van der Waals surface area (Å²) in [6.07, 6.45) is 1.17. The first-order chi connectivity index (χ1) is 11.7. The number of amides is 2. The first-order valence-electron chi connectivity index (χ1n) is 8.69. The van der Waals surface area contributed by atoms with Crippen LogP contribution in [0.15, 0.2) is 30.3 Å². The van der Waals surface area contributed by atoms with Crippen LogP contribution in [0.1, 0.15) is 18.4 Å². The zero-order chi connectivity index (χ0) is 16.8. The predicted molar refractivity (Wildman–Crippen MR) is 90.4 cm³/mol. The Hall–Kier alpha value is -2.08. The summed E-state index contributed by atoms with van der Waals surface area (Å²) in [5, 5.41) is 3.26. The Kier molecular flexibility index (Phi) is 5.69. The summed E-state index contributed by atoms with van der Waals surface area (Å²) in [7, 11) is 0. The molecule has 1 N–H and O–H groups in total. The number of benzene rings is 1. The van der Waals surface area contributed by atoms with E-state index in [4.69, 9.17) is 4.74 Å². The number of hydrogen-bond acceptors (Lipinski definition) is 4. The van der Waals surface area contributed by atoms with E-state index >= 15 is 0 Å². The normalized spacial score (nSPS) is 19.2. The van der Waals surface area contributed by atoms with Crippen LogP contribution in [0.5, 0.6) is 0 Å². The second kappa shape index (κ2) is 8.15. The lowest BCUT2D eigenvalue weighted by Crippen LogP contribution is -2.50. The van der Waals surface area contributed by atoms with E-state index in [-0.39, 0.29) is 17.9 Å². The monoisotopic (exact) mass is 331 g/mol. The van der Waals surface area contributed by atoms with Gasteiger partial charge in [0.2, 0.25) is 5.91 Å². The van der Waals surface area contributed by atoms with Crippen LogP contribution < -0.4 is 5.32 Å². The standard InChI is InChI=1S/C18H25N3O3/c22-17(20-12-8-19-9-13-20)16-6-10-21(11-7-16)18(23)24-14-15-4-2-1-3-5-15/h1-5,16,19H,6-14H2. The van der Waals surface area contributed by atoms with Crippen molar-refractivity contribution in [2.75, 3.05) is 39.3 Å². The minimum absolute atomic E-state index is 0.0428. The average Bonchev–Trinajstić information content (AvgIpc) is 2.67. The first kappa shape index (κ1) is 16.8. The molecule has 2 saturated heterocycles. The Morgan fingerprint density at radius 2 is 1.67 bits per heavy atom. The molecule has 2 heterocycles. The number of hydrogen-bond donors (Lipinski definition) is 1. The number of piperidine rings is 1. The van der Waals surface area contributed by atoms with Gasteiger partial charge < -0.3 is 19.9 Å². The van der Waals surface area contributed by atoms with Gasteiger partial charge in [-0.05, 0) is 18.4 Å². The van der Waals surface area contributed by atoms with Crippen LogP contribution in [0.2, 0.25) is 0 Å². The van der Waals surface area contributed by atoms with Gasteiger partial charge in [0.05, 0.1) is 0 Å². The van der Waals surface area contributed by atoms with Gasteiger partial charge in [-0.15, -0.1) is 0 Å². The SMILES string of the molecule is O=C(OCc1ccccc1)N1CCC(C(=O)N2CCNCC2)CC1. The van der Waals surface area contributed by atoms with Gasteiger partial charge in [-0.25, -0.2) is 4.79 Å². The number of carbonyl (C=O) groups excluding carboxylic acids is 2. The number of rotatable bonds is 3. The Bertz CT molecular complexity index is 550. The molecule has 0 saturated carbocycles. The van der Waals surface area contributed by atoms with Gasteiger partial charge in [0, 0.05) is 45.2 Å². The molecule has 6 heteroatoms. The number of nitrogens with zero attached hydrogens (tertiary/aromatic N) is 2. The summed E-state index contributed by atoms with van der Waals surface area (Å²) in [5.41, 5.74) is 0.981. The van der Waals surface area contributed by atoms with E-state index in [1.54, 1.807) is 4.90 Å². The third kappa shape index (κ3) is 4.26. The average molecular weight is 331 g/mol. The fraction of sp³-hybridized carbons (Fsp3) is 0.556. The molecule has 0 unspecified atom stereocenters. The molecule has 3 rings (SSSR count). The van der Waals surface area contributed by atoms with Crippen LogP contribution in [-0.4, -0.2) is 61.1 Å². The second-order valence-electron chi connectivity index (χ2n) is 6.38. The smallest absolute Gasteiger partial charge is 0.410 e. The Balaban J connectivity index is 1.42. The van der Waals surface area contributed by atoms with Crippen molar-refractivity contribution in [2.24, 2.45) is 5.92 Å². The lowest BCUT2D eigenvalue weighted by molar-refractivity contribution is -0.137. The van der Waals surface area contributed by atoms with E-state index in [1.807, 2.05) is 35.2 Å². The maximum absolute atomic E-state index is 12.5. The number of nitrogens with one attached hydrogen (secondary N) is 1. The highest BCUT2D eigenvalue weighted by Crippen LogP contribution is 2.20. The minimum atomic E-state index is -0.285. The zero-order valence-corrected chi connectivity index (χ0v) is 13.9. The lowest BCUT2D eigenvalue weighted by Gasteiger charge is -2.35. The largest absolute Gasteiger partial charge is 0.445 e. The molecule has 130 valence electrons. The van der Waals surface area contributed by atoms with Crippen molar-refractivity contribution in [1.29, 1.82) is 0 Å². The summed E-state index contributed by atoms with van der Waals surface area (Å²) in [4.78, 5) is 28.3. The molecular formula is C18H25N3O3. The molecule has 0 radical (unpaired) electrons. The van der Waals surface area contributed by atoms with Crippen molar-refractivity contribution in [3.05, 3.63) is 35.9 Å². The van der Waals surface area contributed by atoms with Crippen molar-refractivity contribution >= 4 is 12.0 Å². The van der Waals surface area contributed by atoms with E-state index in [1.165, 1.54) is 0 Å².